The summed E-state index contributed by atoms with van der Waals surface area (Å²) in [6.07, 6.45) is 2.92. The smallest absolute Gasteiger partial charge is 0.203 e. The Morgan fingerprint density at radius 1 is 0.853 bits per heavy atom. The van der Waals surface area contributed by atoms with Crippen LogP contribution in [-0.2, 0) is 13.6 Å². The summed E-state index contributed by atoms with van der Waals surface area (Å²) in [4.78, 5) is 9.43. The fourth-order valence-corrected chi connectivity index (χ4v) is 4.67. The highest BCUT2D eigenvalue weighted by atomic mass is 16.5. The first kappa shape index (κ1) is 23.7. The van der Waals surface area contributed by atoms with E-state index in [0.29, 0.717) is 23.8 Å². The van der Waals surface area contributed by atoms with Crippen LogP contribution in [0.15, 0.2) is 48.7 Å². The molecule has 0 amide bonds. The van der Waals surface area contributed by atoms with Gasteiger partial charge >= 0.3 is 0 Å². The van der Waals surface area contributed by atoms with E-state index < -0.39 is 0 Å². The van der Waals surface area contributed by atoms with Crippen LogP contribution in [0.25, 0.3) is 21.8 Å². The molecule has 0 aliphatic carbocycles. The number of nitrogens with zero attached hydrogens (tertiary/aromatic N) is 4. The lowest BCUT2D eigenvalue weighted by Gasteiger charge is -2.27. The number of fused-ring (bicyclic) bond motifs is 3. The second-order valence-electron chi connectivity index (χ2n) is 8.68. The van der Waals surface area contributed by atoms with E-state index in [4.69, 9.17) is 19.2 Å². The Hall–Kier alpha value is -3.45. The van der Waals surface area contributed by atoms with E-state index in [1.54, 1.807) is 21.3 Å². The molecule has 0 saturated carbocycles. The molecule has 2 aromatic carbocycles. The normalized spacial score (nSPS) is 11.4. The van der Waals surface area contributed by atoms with Crippen molar-refractivity contribution in [2.24, 2.45) is 7.05 Å². The molecule has 0 N–H and O–H groups in total. The minimum atomic E-state index is 0.603. The van der Waals surface area contributed by atoms with Crippen molar-refractivity contribution in [3.05, 3.63) is 54.2 Å². The number of aromatic nitrogens is 2. The second kappa shape index (κ2) is 10.2. The molecule has 4 rings (SSSR count). The minimum absolute atomic E-state index is 0.603. The topological polar surface area (TPSA) is 52.0 Å². The van der Waals surface area contributed by atoms with Crippen LogP contribution in [0, 0.1) is 0 Å². The van der Waals surface area contributed by atoms with Crippen LogP contribution in [0.1, 0.15) is 12.0 Å². The Balaban J connectivity index is 1.83. The number of rotatable bonds is 10. The number of para-hydroxylation sites is 1. The molecule has 0 fully saturated rings. The van der Waals surface area contributed by atoms with Crippen molar-refractivity contribution in [2.45, 2.75) is 13.0 Å². The summed E-state index contributed by atoms with van der Waals surface area (Å²) in [5.41, 5.74) is 3.35. The molecule has 2 aromatic heterocycles. The zero-order chi connectivity index (χ0) is 24.2. The number of aryl methyl sites for hydroxylation is 1. The van der Waals surface area contributed by atoms with Gasteiger partial charge in [0.1, 0.15) is 0 Å². The van der Waals surface area contributed by atoms with Crippen LogP contribution < -0.4 is 19.1 Å². The van der Waals surface area contributed by atoms with Crippen molar-refractivity contribution in [3.8, 4) is 17.2 Å². The molecular weight excluding hydrogens is 428 g/mol. The van der Waals surface area contributed by atoms with Gasteiger partial charge in [-0.3, -0.25) is 0 Å². The molecule has 7 heteroatoms. The number of hydrogen-bond donors (Lipinski definition) is 0. The molecule has 4 aromatic rings. The molecule has 180 valence electrons. The van der Waals surface area contributed by atoms with E-state index in [1.165, 1.54) is 16.3 Å². The predicted molar refractivity (Wildman–Crippen MR) is 139 cm³/mol. The van der Waals surface area contributed by atoms with Crippen molar-refractivity contribution in [1.29, 1.82) is 0 Å². The third kappa shape index (κ3) is 4.35. The Kier molecular flexibility index (Phi) is 7.12. The van der Waals surface area contributed by atoms with Gasteiger partial charge in [0.15, 0.2) is 17.3 Å². The quantitative estimate of drug-likeness (QED) is 0.340. The number of methoxy groups -OCH3 is 3. The average molecular weight is 463 g/mol. The molecule has 0 spiro atoms. The van der Waals surface area contributed by atoms with Gasteiger partial charge in [-0.15, -0.1) is 0 Å². The van der Waals surface area contributed by atoms with Gasteiger partial charge in [0, 0.05) is 48.2 Å². The minimum Gasteiger partial charge on any atom is -0.493 e. The van der Waals surface area contributed by atoms with Crippen molar-refractivity contribution in [1.82, 2.24) is 14.5 Å². The van der Waals surface area contributed by atoms with E-state index in [1.807, 2.05) is 18.3 Å². The third-order valence-corrected chi connectivity index (χ3v) is 6.28. The van der Waals surface area contributed by atoms with E-state index >= 15 is 0 Å². The van der Waals surface area contributed by atoms with Gasteiger partial charge < -0.3 is 28.6 Å². The summed E-state index contributed by atoms with van der Waals surface area (Å²) in [5.74, 6) is 2.90. The van der Waals surface area contributed by atoms with Crippen LogP contribution in [0.2, 0.25) is 0 Å². The number of benzene rings is 2. The SMILES string of the molecule is COc1ccc(CN(CCCN(C)C)c2nccc3c4ccccc4n(C)c23)c(OC)c1OC. The van der Waals surface area contributed by atoms with Crippen LogP contribution >= 0.6 is 0 Å². The molecule has 0 unspecified atom stereocenters. The molecule has 0 bridgehead atoms. The fourth-order valence-electron chi connectivity index (χ4n) is 4.67. The highest BCUT2D eigenvalue weighted by Gasteiger charge is 2.22. The van der Waals surface area contributed by atoms with Gasteiger partial charge in [-0.05, 0) is 51.3 Å². The number of anilines is 1. The molecule has 2 heterocycles. The lowest BCUT2D eigenvalue weighted by molar-refractivity contribution is 0.322. The standard InChI is InChI=1S/C27H34N4O3/c1-29(2)16-9-17-31(18-19-12-13-23(32-4)26(34-6)25(19)33-5)27-24-21(14-15-28-27)20-10-7-8-11-22(20)30(24)3/h7-8,10-15H,9,16-18H2,1-6H3. The van der Waals surface area contributed by atoms with Gasteiger partial charge in [0.05, 0.1) is 26.8 Å². The Bertz CT molecular complexity index is 1280. The van der Waals surface area contributed by atoms with Gasteiger partial charge in [-0.2, -0.15) is 0 Å². The number of ether oxygens (including phenoxy) is 3. The largest absolute Gasteiger partial charge is 0.493 e. The van der Waals surface area contributed by atoms with Crippen molar-refractivity contribution in [2.75, 3.05) is 53.4 Å². The molecule has 0 aliphatic heterocycles. The molecule has 0 radical (unpaired) electrons. The predicted octanol–water partition coefficient (Wildman–Crippen LogP) is 4.71. The lowest BCUT2D eigenvalue weighted by Crippen LogP contribution is -2.28. The lowest BCUT2D eigenvalue weighted by atomic mass is 10.1. The Morgan fingerprint density at radius 2 is 1.62 bits per heavy atom. The maximum absolute atomic E-state index is 5.78. The number of hydrogen-bond acceptors (Lipinski definition) is 6. The summed E-state index contributed by atoms with van der Waals surface area (Å²) in [5, 5.41) is 2.44. The van der Waals surface area contributed by atoms with Crippen LogP contribution in [0.3, 0.4) is 0 Å². The van der Waals surface area contributed by atoms with Gasteiger partial charge in [0.25, 0.3) is 0 Å². The second-order valence-corrected chi connectivity index (χ2v) is 8.68. The first-order valence-corrected chi connectivity index (χ1v) is 11.5. The Labute approximate surface area is 201 Å². The zero-order valence-corrected chi connectivity index (χ0v) is 21.0. The van der Waals surface area contributed by atoms with Gasteiger partial charge in [0.2, 0.25) is 5.75 Å². The fraction of sp³-hybridized carbons (Fsp3) is 0.370. The monoisotopic (exact) mass is 462 g/mol. The molecule has 34 heavy (non-hydrogen) atoms. The molecule has 0 aliphatic rings. The average Bonchev–Trinajstić information content (AvgIpc) is 3.15. The first-order valence-electron chi connectivity index (χ1n) is 11.5. The van der Waals surface area contributed by atoms with E-state index in [0.717, 1.165) is 36.4 Å². The van der Waals surface area contributed by atoms with Gasteiger partial charge in [-0.25, -0.2) is 4.98 Å². The molecule has 0 atom stereocenters. The highest BCUT2D eigenvalue weighted by Crippen LogP contribution is 2.41. The van der Waals surface area contributed by atoms with Crippen molar-refractivity contribution < 1.29 is 14.2 Å². The van der Waals surface area contributed by atoms with Crippen LogP contribution in [-0.4, -0.2) is 63.0 Å². The van der Waals surface area contributed by atoms with E-state index in [-0.39, 0.29) is 0 Å². The summed E-state index contributed by atoms with van der Waals surface area (Å²) in [6.45, 7) is 2.47. The molecular formula is C27H34N4O3. The summed E-state index contributed by atoms with van der Waals surface area (Å²) in [7, 11) is 11.3. The first-order chi connectivity index (χ1) is 16.5. The maximum Gasteiger partial charge on any atom is 0.203 e. The Morgan fingerprint density at radius 3 is 2.32 bits per heavy atom. The highest BCUT2D eigenvalue weighted by molar-refractivity contribution is 6.11. The van der Waals surface area contributed by atoms with Crippen molar-refractivity contribution in [3.63, 3.8) is 0 Å². The van der Waals surface area contributed by atoms with Gasteiger partial charge in [-0.1, -0.05) is 18.2 Å². The molecule has 0 saturated heterocycles. The summed E-state index contributed by atoms with van der Waals surface area (Å²) < 4.78 is 19.1. The summed E-state index contributed by atoms with van der Waals surface area (Å²) >= 11 is 0. The summed E-state index contributed by atoms with van der Waals surface area (Å²) in [6, 6.07) is 14.6. The third-order valence-electron chi connectivity index (χ3n) is 6.28. The van der Waals surface area contributed by atoms with Crippen LogP contribution in [0.5, 0.6) is 17.2 Å². The van der Waals surface area contributed by atoms with Crippen molar-refractivity contribution >= 4 is 27.6 Å². The molecule has 7 nitrogen and oxygen atoms in total. The van der Waals surface area contributed by atoms with E-state index in [9.17, 15) is 0 Å². The zero-order valence-electron chi connectivity index (χ0n) is 21.0. The van der Waals surface area contributed by atoms with E-state index in [2.05, 4.69) is 65.8 Å². The van der Waals surface area contributed by atoms with Crippen LogP contribution in [0.4, 0.5) is 5.82 Å². The maximum atomic E-state index is 5.78. The number of pyridine rings is 1.